The molecule has 1 heterocycles. The molecule has 2 N–H and O–H groups in total. The number of nitrogens with two attached hydrogens (primary N) is 1. The highest BCUT2D eigenvalue weighted by atomic mass is 79.9. The van der Waals surface area contributed by atoms with Crippen molar-refractivity contribution in [2.75, 3.05) is 0 Å². The lowest BCUT2D eigenvalue weighted by Crippen LogP contribution is -2.13. The summed E-state index contributed by atoms with van der Waals surface area (Å²) >= 11 is 3.31. The van der Waals surface area contributed by atoms with Crippen LogP contribution in [0.15, 0.2) is 47.2 Å². The molecule has 2 nitrogen and oxygen atoms in total. The Morgan fingerprint density at radius 2 is 2.00 bits per heavy atom. The number of nitrogens with zero attached hydrogens (tertiary/aromatic N) is 1. The number of benzene rings is 1. The zero-order valence-corrected chi connectivity index (χ0v) is 9.99. The van der Waals surface area contributed by atoms with Gasteiger partial charge in [-0.05, 0) is 33.6 Å². The summed E-state index contributed by atoms with van der Waals surface area (Å²) in [5.41, 5.74) is 7.24. The van der Waals surface area contributed by atoms with Gasteiger partial charge in [0.05, 0.1) is 6.04 Å². The van der Waals surface area contributed by atoms with Crippen LogP contribution in [0.3, 0.4) is 0 Å². The predicted octanol–water partition coefficient (Wildman–Crippen LogP) is 3.03. The SMILES string of the molecule is NC(c1cncc(Br)c1)c1ccccc1F. The molecule has 82 valence electrons. The molecule has 0 spiro atoms. The Morgan fingerprint density at radius 3 is 2.69 bits per heavy atom. The molecule has 1 unspecified atom stereocenters. The Hall–Kier alpha value is -1.26. The molecule has 2 rings (SSSR count). The van der Waals surface area contributed by atoms with Crippen LogP contribution in [0, 0.1) is 5.82 Å². The Kier molecular flexibility index (Phi) is 3.31. The van der Waals surface area contributed by atoms with Crippen LogP contribution in [0.25, 0.3) is 0 Å². The highest BCUT2D eigenvalue weighted by Crippen LogP contribution is 2.23. The van der Waals surface area contributed by atoms with Crippen LogP contribution in [0.4, 0.5) is 4.39 Å². The fourth-order valence-electron chi connectivity index (χ4n) is 1.51. The zero-order valence-electron chi connectivity index (χ0n) is 8.40. The number of aromatic nitrogens is 1. The molecule has 0 aliphatic rings. The maximum atomic E-state index is 13.5. The van der Waals surface area contributed by atoms with Gasteiger partial charge in [0.2, 0.25) is 0 Å². The van der Waals surface area contributed by atoms with Crippen molar-refractivity contribution in [1.29, 1.82) is 0 Å². The number of hydrogen-bond acceptors (Lipinski definition) is 2. The maximum absolute atomic E-state index is 13.5. The van der Waals surface area contributed by atoms with E-state index in [4.69, 9.17) is 5.73 Å². The summed E-state index contributed by atoms with van der Waals surface area (Å²) in [6.07, 6.45) is 3.30. The number of pyridine rings is 1. The van der Waals surface area contributed by atoms with E-state index in [0.29, 0.717) is 5.56 Å². The van der Waals surface area contributed by atoms with Gasteiger partial charge in [0, 0.05) is 22.4 Å². The quantitative estimate of drug-likeness (QED) is 0.919. The fourth-order valence-corrected chi connectivity index (χ4v) is 1.89. The van der Waals surface area contributed by atoms with Crippen LogP contribution in [0.1, 0.15) is 17.2 Å². The summed E-state index contributed by atoms with van der Waals surface area (Å²) in [5.74, 6) is -0.296. The normalized spacial score (nSPS) is 12.4. The molecule has 0 aliphatic heterocycles. The summed E-state index contributed by atoms with van der Waals surface area (Å²) < 4.78 is 14.3. The van der Waals surface area contributed by atoms with Gasteiger partial charge < -0.3 is 5.73 Å². The van der Waals surface area contributed by atoms with Crippen molar-refractivity contribution in [3.63, 3.8) is 0 Å². The highest BCUT2D eigenvalue weighted by Gasteiger charge is 2.13. The molecule has 0 radical (unpaired) electrons. The van der Waals surface area contributed by atoms with E-state index in [9.17, 15) is 4.39 Å². The average Bonchev–Trinajstić information content (AvgIpc) is 2.29. The molecule has 1 aromatic carbocycles. The second-order valence-electron chi connectivity index (χ2n) is 3.44. The van der Waals surface area contributed by atoms with Crippen LogP contribution in [-0.2, 0) is 0 Å². The molecule has 1 atom stereocenters. The van der Waals surface area contributed by atoms with Crippen LogP contribution in [-0.4, -0.2) is 4.98 Å². The topological polar surface area (TPSA) is 38.9 Å². The molecular formula is C12H10BrFN2. The molecule has 0 saturated carbocycles. The lowest BCUT2D eigenvalue weighted by atomic mass is 10.0. The van der Waals surface area contributed by atoms with Crippen molar-refractivity contribution in [3.05, 3.63) is 64.1 Å². The minimum atomic E-state index is -0.494. The van der Waals surface area contributed by atoms with E-state index in [1.165, 1.54) is 6.07 Å². The molecule has 0 fully saturated rings. The number of halogens is 2. The lowest BCUT2D eigenvalue weighted by molar-refractivity contribution is 0.599. The largest absolute Gasteiger partial charge is 0.320 e. The van der Waals surface area contributed by atoms with E-state index < -0.39 is 6.04 Å². The Bertz CT molecular complexity index is 502. The van der Waals surface area contributed by atoms with Crippen LogP contribution >= 0.6 is 15.9 Å². The molecular weight excluding hydrogens is 271 g/mol. The van der Waals surface area contributed by atoms with E-state index >= 15 is 0 Å². The van der Waals surface area contributed by atoms with Crippen molar-refractivity contribution in [2.24, 2.45) is 5.73 Å². The summed E-state index contributed by atoms with van der Waals surface area (Å²) in [4.78, 5) is 4.01. The number of hydrogen-bond donors (Lipinski definition) is 1. The number of rotatable bonds is 2. The monoisotopic (exact) mass is 280 g/mol. The van der Waals surface area contributed by atoms with Crippen LogP contribution in [0.2, 0.25) is 0 Å². The second-order valence-corrected chi connectivity index (χ2v) is 4.35. The summed E-state index contributed by atoms with van der Waals surface area (Å²) in [6.45, 7) is 0. The molecule has 16 heavy (non-hydrogen) atoms. The first-order valence-corrected chi connectivity index (χ1v) is 5.58. The van der Waals surface area contributed by atoms with Crippen LogP contribution in [0.5, 0.6) is 0 Å². The summed E-state index contributed by atoms with van der Waals surface area (Å²) in [5, 5.41) is 0. The first-order chi connectivity index (χ1) is 7.68. The summed E-state index contributed by atoms with van der Waals surface area (Å²) in [7, 11) is 0. The smallest absolute Gasteiger partial charge is 0.128 e. The molecule has 0 bridgehead atoms. The first kappa shape index (κ1) is 11.2. The third kappa shape index (κ3) is 2.28. The van der Waals surface area contributed by atoms with E-state index in [0.717, 1.165) is 10.0 Å². The Balaban J connectivity index is 2.39. The predicted molar refractivity (Wildman–Crippen MR) is 64.4 cm³/mol. The van der Waals surface area contributed by atoms with Crippen molar-refractivity contribution < 1.29 is 4.39 Å². The van der Waals surface area contributed by atoms with Crippen molar-refractivity contribution in [1.82, 2.24) is 4.98 Å². The first-order valence-electron chi connectivity index (χ1n) is 4.79. The molecule has 4 heteroatoms. The van der Waals surface area contributed by atoms with Gasteiger partial charge in [-0.25, -0.2) is 4.39 Å². The lowest BCUT2D eigenvalue weighted by Gasteiger charge is -2.13. The molecule has 0 amide bonds. The fraction of sp³-hybridized carbons (Fsp3) is 0.0833. The minimum absolute atomic E-state index is 0.296. The van der Waals surface area contributed by atoms with Gasteiger partial charge in [-0.15, -0.1) is 0 Å². The summed E-state index contributed by atoms with van der Waals surface area (Å²) in [6, 6.07) is 7.84. The third-order valence-corrected chi connectivity index (χ3v) is 2.76. The van der Waals surface area contributed by atoms with Gasteiger partial charge in [0.25, 0.3) is 0 Å². The zero-order chi connectivity index (χ0) is 11.5. The third-order valence-electron chi connectivity index (χ3n) is 2.33. The van der Waals surface area contributed by atoms with Crippen LogP contribution < -0.4 is 5.73 Å². The van der Waals surface area contributed by atoms with E-state index in [1.807, 2.05) is 6.07 Å². The van der Waals surface area contributed by atoms with Gasteiger partial charge in [-0.1, -0.05) is 18.2 Å². The van der Waals surface area contributed by atoms with Gasteiger partial charge >= 0.3 is 0 Å². The molecule has 0 saturated heterocycles. The Morgan fingerprint density at radius 1 is 1.25 bits per heavy atom. The minimum Gasteiger partial charge on any atom is -0.320 e. The van der Waals surface area contributed by atoms with Gasteiger partial charge in [-0.3, -0.25) is 4.98 Å². The Labute approximate surface area is 101 Å². The van der Waals surface area contributed by atoms with Gasteiger partial charge in [-0.2, -0.15) is 0 Å². The van der Waals surface area contributed by atoms with Crippen molar-refractivity contribution >= 4 is 15.9 Å². The standard InChI is InChI=1S/C12H10BrFN2/c13-9-5-8(6-16-7-9)12(15)10-3-1-2-4-11(10)14/h1-7,12H,15H2. The van der Waals surface area contributed by atoms with E-state index in [2.05, 4.69) is 20.9 Å². The second kappa shape index (κ2) is 4.72. The maximum Gasteiger partial charge on any atom is 0.128 e. The van der Waals surface area contributed by atoms with Gasteiger partial charge in [0.15, 0.2) is 0 Å². The van der Waals surface area contributed by atoms with Crippen molar-refractivity contribution in [3.8, 4) is 0 Å². The molecule has 1 aromatic heterocycles. The van der Waals surface area contributed by atoms with Gasteiger partial charge in [0.1, 0.15) is 5.82 Å². The van der Waals surface area contributed by atoms with E-state index in [-0.39, 0.29) is 5.82 Å². The average molecular weight is 281 g/mol. The van der Waals surface area contributed by atoms with Crippen molar-refractivity contribution in [2.45, 2.75) is 6.04 Å². The highest BCUT2D eigenvalue weighted by molar-refractivity contribution is 9.10. The molecule has 2 aromatic rings. The molecule has 0 aliphatic carbocycles. The van der Waals surface area contributed by atoms with E-state index in [1.54, 1.807) is 30.6 Å².